The first-order valence-corrected chi connectivity index (χ1v) is 5.55. The molecular formula is C11H25NO. The lowest BCUT2D eigenvalue weighted by Crippen LogP contribution is -2.33. The van der Waals surface area contributed by atoms with Crippen LogP contribution in [0.5, 0.6) is 0 Å². The van der Waals surface area contributed by atoms with E-state index < -0.39 is 0 Å². The van der Waals surface area contributed by atoms with E-state index in [1.54, 1.807) is 0 Å². The number of hydrogen-bond donors (Lipinski definition) is 1. The summed E-state index contributed by atoms with van der Waals surface area (Å²) in [5.41, 5.74) is 0. The monoisotopic (exact) mass is 187 g/mol. The smallest absolute Gasteiger partial charge is 0.0671 e. The second kappa shape index (κ2) is 8.52. The van der Waals surface area contributed by atoms with Crippen molar-refractivity contribution in [3.63, 3.8) is 0 Å². The molecule has 0 aromatic carbocycles. The van der Waals surface area contributed by atoms with E-state index in [-0.39, 0.29) is 0 Å². The Morgan fingerprint density at radius 2 is 1.85 bits per heavy atom. The molecule has 0 saturated carbocycles. The fourth-order valence-electron chi connectivity index (χ4n) is 1.28. The molecule has 2 unspecified atom stereocenters. The van der Waals surface area contributed by atoms with Gasteiger partial charge in [-0.2, -0.15) is 0 Å². The summed E-state index contributed by atoms with van der Waals surface area (Å²) in [5.74, 6) is 0. The van der Waals surface area contributed by atoms with Crippen molar-refractivity contribution in [3.8, 4) is 0 Å². The van der Waals surface area contributed by atoms with Gasteiger partial charge in [0.15, 0.2) is 0 Å². The molecule has 0 aliphatic heterocycles. The zero-order chi connectivity index (χ0) is 10.1. The Labute approximate surface area is 83.1 Å². The lowest BCUT2D eigenvalue weighted by atomic mass is 10.2. The molecule has 0 aromatic rings. The number of ether oxygens (including phenoxy) is 1. The summed E-state index contributed by atoms with van der Waals surface area (Å²) >= 11 is 0. The van der Waals surface area contributed by atoms with Crippen LogP contribution in [0.1, 0.15) is 47.0 Å². The number of hydrogen-bond acceptors (Lipinski definition) is 2. The molecule has 0 fully saturated rings. The SMILES string of the molecule is CCCOC(C)CNC(C)CCC. The summed E-state index contributed by atoms with van der Waals surface area (Å²) in [6.07, 6.45) is 3.95. The third-order valence-corrected chi connectivity index (χ3v) is 2.08. The van der Waals surface area contributed by atoms with Gasteiger partial charge in [-0.05, 0) is 26.7 Å². The first kappa shape index (κ1) is 12.9. The van der Waals surface area contributed by atoms with E-state index >= 15 is 0 Å². The molecule has 0 bridgehead atoms. The highest BCUT2D eigenvalue weighted by molar-refractivity contribution is 4.62. The van der Waals surface area contributed by atoms with Gasteiger partial charge < -0.3 is 10.1 Å². The van der Waals surface area contributed by atoms with Crippen LogP contribution in [0.2, 0.25) is 0 Å². The van der Waals surface area contributed by atoms with Crippen molar-refractivity contribution in [2.45, 2.75) is 59.1 Å². The Morgan fingerprint density at radius 3 is 2.38 bits per heavy atom. The highest BCUT2D eigenvalue weighted by atomic mass is 16.5. The zero-order valence-electron chi connectivity index (χ0n) is 9.60. The van der Waals surface area contributed by atoms with Crippen LogP contribution in [-0.2, 0) is 4.74 Å². The highest BCUT2D eigenvalue weighted by Gasteiger charge is 2.03. The van der Waals surface area contributed by atoms with Crippen molar-refractivity contribution in [1.29, 1.82) is 0 Å². The van der Waals surface area contributed by atoms with Crippen molar-refractivity contribution >= 4 is 0 Å². The Balaban J connectivity index is 3.29. The molecule has 0 rings (SSSR count). The molecule has 0 saturated heterocycles. The van der Waals surface area contributed by atoms with Crippen LogP contribution in [0.3, 0.4) is 0 Å². The first-order valence-electron chi connectivity index (χ1n) is 5.55. The quantitative estimate of drug-likeness (QED) is 0.630. The molecule has 1 N–H and O–H groups in total. The molecule has 2 atom stereocenters. The van der Waals surface area contributed by atoms with Gasteiger partial charge in [0.2, 0.25) is 0 Å². The average Bonchev–Trinajstić information content (AvgIpc) is 2.12. The largest absolute Gasteiger partial charge is 0.377 e. The van der Waals surface area contributed by atoms with Crippen LogP contribution in [0, 0.1) is 0 Å². The first-order chi connectivity index (χ1) is 6.20. The maximum atomic E-state index is 5.56. The van der Waals surface area contributed by atoms with Crippen molar-refractivity contribution in [3.05, 3.63) is 0 Å². The maximum absolute atomic E-state index is 5.56. The van der Waals surface area contributed by atoms with E-state index in [1.807, 2.05) is 0 Å². The van der Waals surface area contributed by atoms with Gasteiger partial charge in [0.05, 0.1) is 6.10 Å². The fraction of sp³-hybridized carbons (Fsp3) is 1.00. The molecule has 0 heterocycles. The Hall–Kier alpha value is -0.0800. The van der Waals surface area contributed by atoms with Crippen molar-refractivity contribution in [2.24, 2.45) is 0 Å². The molecule has 2 nitrogen and oxygen atoms in total. The summed E-state index contributed by atoms with van der Waals surface area (Å²) in [5, 5.41) is 3.47. The molecule has 0 amide bonds. The van der Waals surface area contributed by atoms with Gasteiger partial charge in [-0.15, -0.1) is 0 Å². The average molecular weight is 187 g/mol. The van der Waals surface area contributed by atoms with Crippen LogP contribution in [0.15, 0.2) is 0 Å². The third-order valence-electron chi connectivity index (χ3n) is 2.08. The Morgan fingerprint density at radius 1 is 1.15 bits per heavy atom. The maximum Gasteiger partial charge on any atom is 0.0671 e. The summed E-state index contributed by atoms with van der Waals surface area (Å²) in [6.45, 7) is 10.6. The van der Waals surface area contributed by atoms with Crippen LogP contribution >= 0.6 is 0 Å². The molecule has 80 valence electrons. The second-order valence-corrected chi connectivity index (χ2v) is 3.78. The lowest BCUT2D eigenvalue weighted by Gasteiger charge is -2.17. The van der Waals surface area contributed by atoms with Gasteiger partial charge in [0.1, 0.15) is 0 Å². The zero-order valence-corrected chi connectivity index (χ0v) is 9.60. The predicted molar refractivity (Wildman–Crippen MR) is 58.1 cm³/mol. The van der Waals surface area contributed by atoms with Crippen molar-refractivity contribution in [1.82, 2.24) is 5.32 Å². The van der Waals surface area contributed by atoms with Gasteiger partial charge in [-0.3, -0.25) is 0 Å². The normalized spacial score (nSPS) is 15.7. The van der Waals surface area contributed by atoms with E-state index in [4.69, 9.17) is 4.74 Å². The van der Waals surface area contributed by atoms with E-state index in [0.717, 1.165) is 19.6 Å². The van der Waals surface area contributed by atoms with Crippen LogP contribution in [-0.4, -0.2) is 25.3 Å². The lowest BCUT2D eigenvalue weighted by molar-refractivity contribution is 0.0645. The van der Waals surface area contributed by atoms with Crippen LogP contribution < -0.4 is 5.32 Å². The second-order valence-electron chi connectivity index (χ2n) is 3.78. The standard InChI is InChI=1S/C11H25NO/c1-5-7-10(3)12-9-11(4)13-8-6-2/h10-12H,5-9H2,1-4H3. The summed E-state index contributed by atoms with van der Waals surface area (Å²) in [4.78, 5) is 0. The van der Waals surface area contributed by atoms with Gasteiger partial charge in [0, 0.05) is 19.2 Å². The minimum atomic E-state index is 0.347. The molecule has 0 aliphatic carbocycles. The van der Waals surface area contributed by atoms with Crippen molar-refractivity contribution < 1.29 is 4.74 Å². The molecule has 13 heavy (non-hydrogen) atoms. The Bertz CT molecular complexity index is 106. The molecule has 0 aromatic heterocycles. The van der Waals surface area contributed by atoms with E-state index in [1.165, 1.54) is 12.8 Å². The van der Waals surface area contributed by atoms with Crippen molar-refractivity contribution in [2.75, 3.05) is 13.2 Å². The van der Waals surface area contributed by atoms with Gasteiger partial charge in [-0.1, -0.05) is 20.3 Å². The van der Waals surface area contributed by atoms with Crippen LogP contribution in [0.4, 0.5) is 0 Å². The molecule has 0 radical (unpaired) electrons. The number of rotatable bonds is 8. The minimum Gasteiger partial charge on any atom is -0.377 e. The van der Waals surface area contributed by atoms with E-state index in [9.17, 15) is 0 Å². The summed E-state index contributed by atoms with van der Waals surface area (Å²) in [7, 11) is 0. The molecule has 0 spiro atoms. The molecule has 2 heteroatoms. The van der Waals surface area contributed by atoms with Crippen LogP contribution in [0.25, 0.3) is 0 Å². The van der Waals surface area contributed by atoms with Gasteiger partial charge in [-0.25, -0.2) is 0 Å². The third kappa shape index (κ3) is 8.26. The topological polar surface area (TPSA) is 21.3 Å². The molecule has 0 aliphatic rings. The van der Waals surface area contributed by atoms with E-state index in [0.29, 0.717) is 12.1 Å². The van der Waals surface area contributed by atoms with E-state index in [2.05, 4.69) is 33.0 Å². The Kier molecular flexibility index (Phi) is 8.46. The summed E-state index contributed by atoms with van der Waals surface area (Å²) in [6, 6.07) is 0.623. The fourth-order valence-corrected chi connectivity index (χ4v) is 1.28. The molecular weight excluding hydrogens is 162 g/mol. The highest BCUT2D eigenvalue weighted by Crippen LogP contribution is 1.96. The summed E-state index contributed by atoms with van der Waals surface area (Å²) < 4.78 is 5.56. The minimum absolute atomic E-state index is 0.347. The van der Waals surface area contributed by atoms with Gasteiger partial charge in [0.25, 0.3) is 0 Å². The number of nitrogens with one attached hydrogen (secondary N) is 1. The van der Waals surface area contributed by atoms with Gasteiger partial charge >= 0.3 is 0 Å². The predicted octanol–water partition coefficient (Wildman–Crippen LogP) is 2.58.